The summed E-state index contributed by atoms with van der Waals surface area (Å²) in [4.78, 5) is 14.2. The maximum atomic E-state index is 13.1. The first-order chi connectivity index (χ1) is 17.6. The number of fused-ring (bicyclic) bond motifs is 6. The molecule has 4 aromatic rings. The third-order valence-electron chi connectivity index (χ3n) is 6.69. The second-order valence-corrected chi connectivity index (χ2v) is 9.95. The molecule has 180 valence electrons. The van der Waals surface area contributed by atoms with Gasteiger partial charge in [0.2, 0.25) is 0 Å². The molecule has 0 saturated heterocycles. The molecule has 6 heteroatoms. The van der Waals surface area contributed by atoms with Crippen LogP contribution in [0.4, 0.5) is 11.4 Å². The lowest BCUT2D eigenvalue weighted by molar-refractivity contribution is 0.0224. The molecule has 1 atom stereocenters. The van der Waals surface area contributed by atoms with Crippen molar-refractivity contribution in [3.63, 3.8) is 0 Å². The summed E-state index contributed by atoms with van der Waals surface area (Å²) in [6.45, 7) is 6.17. The van der Waals surface area contributed by atoms with Crippen LogP contribution >= 0.6 is 11.9 Å². The van der Waals surface area contributed by atoms with E-state index in [4.69, 9.17) is 9.47 Å². The Bertz CT molecular complexity index is 1450. The van der Waals surface area contributed by atoms with Gasteiger partial charge < -0.3 is 14.8 Å². The molecule has 6 rings (SSSR count). The number of hydrogen-bond acceptors (Lipinski definition) is 6. The highest BCUT2D eigenvalue weighted by Gasteiger charge is 2.53. The molecule has 0 fully saturated rings. The Labute approximate surface area is 215 Å². The van der Waals surface area contributed by atoms with Gasteiger partial charge in [0.25, 0.3) is 0 Å². The van der Waals surface area contributed by atoms with Gasteiger partial charge in [-0.1, -0.05) is 50.2 Å². The Morgan fingerprint density at radius 1 is 0.778 bits per heavy atom. The minimum absolute atomic E-state index is 0.326. The van der Waals surface area contributed by atoms with Gasteiger partial charge in [0.15, 0.2) is 5.60 Å². The van der Waals surface area contributed by atoms with E-state index in [2.05, 4.69) is 29.5 Å². The zero-order valence-electron chi connectivity index (χ0n) is 20.2. The molecule has 0 saturated carbocycles. The molecule has 0 aliphatic carbocycles. The third kappa shape index (κ3) is 3.65. The maximum absolute atomic E-state index is 13.1. The van der Waals surface area contributed by atoms with E-state index < -0.39 is 5.60 Å². The molecule has 0 bridgehead atoms. The Balaban J connectivity index is 1.51. The van der Waals surface area contributed by atoms with Gasteiger partial charge in [-0.3, -0.25) is 0 Å². The van der Waals surface area contributed by atoms with E-state index in [9.17, 15) is 4.79 Å². The number of carbonyl (C=O) groups is 1. The zero-order chi connectivity index (χ0) is 24.7. The molecule has 4 aromatic carbocycles. The molecule has 0 amide bonds. The normalized spacial score (nSPS) is 17.2. The number of ether oxygens (including phenoxy) is 2. The molecule has 1 N–H and O–H groups in total. The summed E-state index contributed by atoms with van der Waals surface area (Å²) in [6.07, 6.45) is 0. The summed E-state index contributed by atoms with van der Waals surface area (Å²) in [5, 5.41) is 3.46. The van der Waals surface area contributed by atoms with Gasteiger partial charge in [0, 0.05) is 46.1 Å². The van der Waals surface area contributed by atoms with Gasteiger partial charge in [-0.05, 0) is 66.5 Å². The summed E-state index contributed by atoms with van der Waals surface area (Å²) in [6, 6.07) is 29.8. The maximum Gasteiger partial charge on any atom is 0.340 e. The molecule has 2 heterocycles. The van der Waals surface area contributed by atoms with E-state index in [1.54, 1.807) is 11.9 Å². The SMILES string of the molecule is CCN(CC)Sc1ccc2c(c1)Oc1ccc(Nc3ccccc3)cc1C21OC(=O)c2ccccc21. The van der Waals surface area contributed by atoms with Crippen molar-refractivity contribution in [2.24, 2.45) is 0 Å². The molecular formula is C30H26N2O3S. The van der Waals surface area contributed by atoms with Crippen LogP contribution in [0.3, 0.4) is 0 Å². The molecule has 36 heavy (non-hydrogen) atoms. The average Bonchev–Trinajstić information content (AvgIpc) is 3.21. The molecule has 2 aliphatic rings. The average molecular weight is 495 g/mol. The van der Waals surface area contributed by atoms with E-state index in [0.717, 1.165) is 46.1 Å². The highest BCUT2D eigenvalue weighted by atomic mass is 32.2. The van der Waals surface area contributed by atoms with Crippen molar-refractivity contribution < 1.29 is 14.3 Å². The lowest BCUT2D eigenvalue weighted by Crippen LogP contribution is -2.33. The molecule has 1 unspecified atom stereocenters. The Kier molecular flexibility index (Phi) is 5.70. The van der Waals surface area contributed by atoms with Gasteiger partial charge in [-0.15, -0.1) is 0 Å². The van der Waals surface area contributed by atoms with Crippen LogP contribution < -0.4 is 10.1 Å². The minimum Gasteiger partial charge on any atom is -0.456 e. The fourth-order valence-corrected chi connectivity index (χ4v) is 5.82. The fourth-order valence-electron chi connectivity index (χ4n) is 4.98. The number of para-hydroxylation sites is 1. The molecule has 5 nitrogen and oxygen atoms in total. The van der Waals surface area contributed by atoms with Crippen LogP contribution in [0, 0.1) is 0 Å². The fraction of sp³-hybridized carbons (Fsp3) is 0.167. The molecular weight excluding hydrogens is 468 g/mol. The summed E-state index contributed by atoms with van der Waals surface area (Å²) in [5.41, 5.74) is 3.84. The minimum atomic E-state index is -1.08. The first-order valence-corrected chi connectivity index (χ1v) is 12.9. The number of hydrogen-bond donors (Lipinski definition) is 1. The van der Waals surface area contributed by atoms with E-state index in [1.807, 2.05) is 84.9 Å². The van der Waals surface area contributed by atoms with Gasteiger partial charge in [-0.2, -0.15) is 0 Å². The van der Waals surface area contributed by atoms with Crippen molar-refractivity contribution >= 4 is 29.3 Å². The van der Waals surface area contributed by atoms with Crippen LogP contribution in [0.1, 0.15) is 40.9 Å². The molecule has 2 aliphatic heterocycles. The van der Waals surface area contributed by atoms with Gasteiger partial charge in [0.05, 0.1) is 5.56 Å². The van der Waals surface area contributed by atoms with Crippen molar-refractivity contribution in [1.29, 1.82) is 0 Å². The summed E-state index contributed by atoms with van der Waals surface area (Å²) in [5.74, 6) is 1.05. The van der Waals surface area contributed by atoms with E-state index in [1.165, 1.54) is 0 Å². The number of nitrogens with zero attached hydrogens (tertiary/aromatic N) is 1. The summed E-state index contributed by atoms with van der Waals surface area (Å²) >= 11 is 1.70. The van der Waals surface area contributed by atoms with Crippen LogP contribution in [0.5, 0.6) is 11.5 Å². The summed E-state index contributed by atoms with van der Waals surface area (Å²) in [7, 11) is 0. The smallest absolute Gasteiger partial charge is 0.340 e. The lowest BCUT2D eigenvalue weighted by Gasteiger charge is -2.37. The van der Waals surface area contributed by atoms with E-state index in [0.29, 0.717) is 17.1 Å². The lowest BCUT2D eigenvalue weighted by atomic mass is 9.77. The summed E-state index contributed by atoms with van der Waals surface area (Å²) < 4.78 is 15.1. The standard InChI is InChI=1S/C30H26N2O3S/c1-3-32(4-2)36-22-15-16-25-28(19-22)34-27-17-14-21(31-20-10-6-5-7-11-20)18-26(27)30(25)24-13-9-8-12-23(24)29(33)35-30/h5-19,31H,3-4H2,1-2H3. The van der Waals surface area contributed by atoms with E-state index in [-0.39, 0.29) is 5.97 Å². The van der Waals surface area contributed by atoms with Gasteiger partial charge in [0.1, 0.15) is 11.5 Å². The van der Waals surface area contributed by atoms with Gasteiger partial charge in [-0.25, -0.2) is 9.10 Å². The second kappa shape index (κ2) is 9.04. The first kappa shape index (κ1) is 22.7. The Morgan fingerprint density at radius 2 is 1.56 bits per heavy atom. The number of carbonyl (C=O) groups excluding carboxylic acids is 1. The molecule has 1 spiro atoms. The monoisotopic (exact) mass is 494 g/mol. The molecule has 0 aromatic heterocycles. The van der Waals surface area contributed by atoms with E-state index >= 15 is 0 Å². The highest BCUT2D eigenvalue weighted by molar-refractivity contribution is 7.97. The van der Waals surface area contributed by atoms with Crippen LogP contribution in [0.2, 0.25) is 0 Å². The predicted molar refractivity (Wildman–Crippen MR) is 143 cm³/mol. The quantitative estimate of drug-likeness (QED) is 0.223. The van der Waals surface area contributed by atoms with Crippen LogP contribution in [-0.2, 0) is 10.3 Å². The number of rotatable bonds is 6. The zero-order valence-corrected chi connectivity index (χ0v) is 21.0. The van der Waals surface area contributed by atoms with Crippen LogP contribution in [0.25, 0.3) is 0 Å². The van der Waals surface area contributed by atoms with Gasteiger partial charge >= 0.3 is 5.97 Å². The van der Waals surface area contributed by atoms with Crippen LogP contribution in [0.15, 0.2) is 95.9 Å². The number of benzene rings is 4. The number of esters is 1. The third-order valence-corrected chi connectivity index (χ3v) is 7.92. The number of nitrogens with one attached hydrogen (secondary N) is 1. The van der Waals surface area contributed by atoms with Crippen molar-refractivity contribution in [2.45, 2.75) is 24.3 Å². The topological polar surface area (TPSA) is 50.8 Å². The first-order valence-electron chi connectivity index (χ1n) is 12.2. The molecule has 0 radical (unpaired) electrons. The van der Waals surface area contributed by atoms with Crippen molar-refractivity contribution in [1.82, 2.24) is 4.31 Å². The Hall–Kier alpha value is -3.74. The largest absolute Gasteiger partial charge is 0.456 e. The second-order valence-electron chi connectivity index (χ2n) is 8.78. The van der Waals surface area contributed by atoms with Crippen molar-refractivity contribution in [2.75, 3.05) is 18.4 Å². The predicted octanol–water partition coefficient (Wildman–Crippen LogP) is 7.35. The Morgan fingerprint density at radius 3 is 2.36 bits per heavy atom. The van der Waals surface area contributed by atoms with Crippen LogP contribution in [-0.4, -0.2) is 23.4 Å². The number of anilines is 2. The highest BCUT2D eigenvalue weighted by Crippen LogP contribution is 2.57. The van der Waals surface area contributed by atoms with Crippen molar-refractivity contribution in [3.8, 4) is 11.5 Å². The van der Waals surface area contributed by atoms with Crippen molar-refractivity contribution in [3.05, 3.63) is 113 Å².